The summed E-state index contributed by atoms with van der Waals surface area (Å²) in [6.45, 7) is 0. The zero-order chi connectivity index (χ0) is 19.9. The van der Waals surface area contributed by atoms with Crippen molar-refractivity contribution in [3.05, 3.63) is 71.9 Å². The summed E-state index contributed by atoms with van der Waals surface area (Å²) in [5.41, 5.74) is 2.38. The Bertz CT molecular complexity index is 978. The number of rotatable bonds is 9. The minimum Gasteiger partial charge on any atom is -0.480 e. The molecule has 1 heterocycles. The smallest absolute Gasteiger partial charge is 0.326 e. The minimum atomic E-state index is -1.08. The van der Waals surface area contributed by atoms with Crippen molar-refractivity contribution < 1.29 is 19.5 Å². The van der Waals surface area contributed by atoms with E-state index in [1.807, 2.05) is 30.3 Å². The van der Waals surface area contributed by atoms with Crippen LogP contribution in [0.2, 0.25) is 0 Å². The van der Waals surface area contributed by atoms with Gasteiger partial charge in [0.1, 0.15) is 6.04 Å². The number of carbonyl (C=O) groups excluding carboxylic acids is 2. The number of carbonyl (C=O) groups is 3. The molecule has 1 unspecified atom stereocenters. The van der Waals surface area contributed by atoms with Crippen LogP contribution in [0.4, 0.5) is 0 Å². The fourth-order valence-electron chi connectivity index (χ4n) is 3.16. The summed E-state index contributed by atoms with van der Waals surface area (Å²) in [6.07, 6.45) is 2.69. The summed E-state index contributed by atoms with van der Waals surface area (Å²) < 4.78 is 0. The Morgan fingerprint density at radius 2 is 1.68 bits per heavy atom. The number of aromatic amines is 1. The number of ketones is 1. The van der Waals surface area contributed by atoms with E-state index in [-0.39, 0.29) is 31.0 Å². The fourth-order valence-corrected chi connectivity index (χ4v) is 3.16. The van der Waals surface area contributed by atoms with Crippen molar-refractivity contribution in [2.45, 2.75) is 31.7 Å². The molecule has 3 aromatic rings. The molecule has 28 heavy (non-hydrogen) atoms. The van der Waals surface area contributed by atoms with Crippen LogP contribution in [0.3, 0.4) is 0 Å². The lowest BCUT2D eigenvalue weighted by atomic mass is 10.0. The quantitative estimate of drug-likeness (QED) is 0.497. The summed E-state index contributed by atoms with van der Waals surface area (Å²) in [7, 11) is 0. The van der Waals surface area contributed by atoms with Gasteiger partial charge in [-0.15, -0.1) is 0 Å². The molecule has 6 nitrogen and oxygen atoms in total. The van der Waals surface area contributed by atoms with Crippen molar-refractivity contribution in [3.8, 4) is 0 Å². The normalized spacial score (nSPS) is 11.9. The number of nitrogens with one attached hydrogen (secondary N) is 2. The molecule has 3 rings (SSSR count). The zero-order valence-corrected chi connectivity index (χ0v) is 15.4. The van der Waals surface area contributed by atoms with Gasteiger partial charge in [0, 0.05) is 41.9 Å². The number of Topliss-reactive ketones (excluding diaryl/α,β-unsaturated/α-hetero) is 1. The predicted octanol–water partition coefficient (Wildman–Crippen LogP) is 3.33. The van der Waals surface area contributed by atoms with Crippen molar-refractivity contribution in [1.29, 1.82) is 0 Å². The third-order valence-corrected chi connectivity index (χ3v) is 4.64. The summed E-state index contributed by atoms with van der Waals surface area (Å²) >= 11 is 0. The van der Waals surface area contributed by atoms with Gasteiger partial charge >= 0.3 is 5.97 Å². The van der Waals surface area contributed by atoms with Gasteiger partial charge in [0.25, 0.3) is 0 Å². The predicted molar refractivity (Wildman–Crippen MR) is 106 cm³/mol. The maximum Gasteiger partial charge on any atom is 0.326 e. The summed E-state index contributed by atoms with van der Waals surface area (Å²) in [4.78, 5) is 38.9. The molecule has 3 N–H and O–H groups in total. The van der Waals surface area contributed by atoms with Crippen LogP contribution in [0.25, 0.3) is 10.9 Å². The molecule has 1 amide bonds. The molecule has 0 fully saturated rings. The number of carboxylic acids is 1. The van der Waals surface area contributed by atoms with Gasteiger partial charge in [0.15, 0.2) is 5.78 Å². The van der Waals surface area contributed by atoms with E-state index >= 15 is 0 Å². The van der Waals surface area contributed by atoms with Crippen LogP contribution < -0.4 is 5.32 Å². The lowest BCUT2D eigenvalue weighted by Gasteiger charge is -2.14. The lowest BCUT2D eigenvalue weighted by molar-refractivity contribution is -0.141. The largest absolute Gasteiger partial charge is 0.480 e. The molecule has 0 bridgehead atoms. The molecule has 0 aliphatic carbocycles. The topological polar surface area (TPSA) is 99.3 Å². The van der Waals surface area contributed by atoms with Crippen LogP contribution in [0.5, 0.6) is 0 Å². The molecular formula is C22H22N2O4. The van der Waals surface area contributed by atoms with Crippen molar-refractivity contribution in [2.24, 2.45) is 0 Å². The monoisotopic (exact) mass is 378 g/mol. The highest BCUT2D eigenvalue weighted by molar-refractivity contribution is 5.96. The first-order valence-electron chi connectivity index (χ1n) is 9.20. The number of para-hydroxylation sites is 1. The average Bonchev–Trinajstić information content (AvgIpc) is 3.11. The van der Waals surface area contributed by atoms with E-state index in [4.69, 9.17) is 0 Å². The third kappa shape index (κ3) is 4.85. The molecule has 0 saturated heterocycles. The Morgan fingerprint density at radius 3 is 2.43 bits per heavy atom. The van der Waals surface area contributed by atoms with Gasteiger partial charge in [0.2, 0.25) is 5.91 Å². The van der Waals surface area contributed by atoms with Gasteiger partial charge in [-0.05, 0) is 18.1 Å². The Kier molecular flexibility index (Phi) is 6.22. The molecule has 2 aromatic carbocycles. The van der Waals surface area contributed by atoms with Crippen molar-refractivity contribution in [2.75, 3.05) is 0 Å². The van der Waals surface area contributed by atoms with Crippen LogP contribution in [-0.2, 0) is 16.0 Å². The van der Waals surface area contributed by atoms with Crippen LogP contribution in [0, 0.1) is 0 Å². The summed E-state index contributed by atoms with van der Waals surface area (Å²) in [5.74, 6) is -1.48. The summed E-state index contributed by atoms with van der Waals surface area (Å²) in [5, 5.41) is 13.0. The van der Waals surface area contributed by atoms with E-state index in [1.54, 1.807) is 30.5 Å². The first kappa shape index (κ1) is 19.4. The van der Waals surface area contributed by atoms with Crippen LogP contribution in [0.15, 0.2) is 60.8 Å². The number of benzene rings is 2. The second kappa shape index (κ2) is 8.99. The number of H-pyrrole nitrogens is 1. The van der Waals surface area contributed by atoms with Gasteiger partial charge in [-0.3, -0.25) is 9.59 Å². The molecular weight excluding hydrogens is 356 g/mol. The van der Waals surface area contributed by atoms with Gasteiger partial charge in [-0.1, -0.05) is 48.5 Å². The first-order valence-corrected chi connectivity index (χ1v) is 9.20. The first-order chi connectivity index (χ1) is 13.5. The number of aromatic nitrogens is 1. The Hall–Kier alpha value is -3.41. The number of carboxylic acid groups (broad SMARTS) is 1. The van der Waals surface area contributed by atoms with E-state index in [0.29, 0.717) is 12.0 Å². The molecule has 0 saturated carbocycles. The summed E-state index contributed by atoms with van der Waals surface area (Å²) in [6, 6.07) is 15.5. The minimum absolute atomic E-state index is 0.0259. The molecule has 0 radical (unpaired) electrons. The Balaban J connectivity index is 1.53. The van der Waals surface area contributed by atoms with E-state index in [0.717, 1.165) is 16.5 Å². The lowest BCUT2D eigenvalue weighted by Crippen LogP contribution is -2.42. The Labute approximate surface area is 162 Å². The maximum atomic E-state index is 12.2. The number of fused-ring (bicyclic) bond motifs is 1. The standard InChI is InChI=1S/C22H22N2O4/c25-20(15-7-2-1-3-8-15)11-6-12-21(26)24-19(22(27)28)13-16-14-23-18-10-5-4-9-17(16)18/h1-5,7-10,14,19,23H,6,11-13H2,(H,24,26)(H,27,28). The molecule has 6 heteroatoms. The number of hydrogen-bond acceptors (Lipinski definition) is 3. The fraction of sp³-hybridized carbons (Fsp3) is 0.227. The van der Waals surface area contributed by atoms with Crippen molar-refractivity contribution in [3.63, 3.8) is 0 Å². The highest BCUT2D eigenvalue weighted by Gasteiger charge is 2.21. The highest BCUT2D eigenvalue weighted by atomic mass is 16.4. The van der Waals surface area contributed by atoms with Crippen molar-refractivity contribution >= 4 is 28.6 Å². The molecule has 1 aromatic heterocycles. The van der Waals surface area contributed by atoms with Crippen LogP contribution in [0.1, 0.15) is 35.2 Å². The van der Waals surface area contributed by atoms with E-state index in [2.05, 4.69) is 10.3 Å². The molecule has 0 aliphatic heterocycles. The van der Waals surface area contributed by atoms with Gasteiger partial charge in [-0.2, -0.15) is 0 Å². The van der Waals surface area contributed by atoms with E-state index in [1.165, 1.54) is 0 Å². The van der Waals surface area contributed by atoms with Gasteiger partial charge < -0.3 is 15.4 Å². The number of hydrogen-bond donors (Lipinski definition) is 3. The second-order valence-electron chi connectivity index (χ2n) is 6.66. The second-order valence-corrected chi connectivity index (χ2v) is 6.66. The van der Waals surface area contributed by atoms with E-state index in [9.17, 15) is 19.5 Å². The molecule has 0 aliphatic rings. The SMILES string of the molecule is O=C(CCCC(=O)c1ccccc1)NC(Cc1c[nH]c2ccccc12)C(=O)O. The zero-order valence-electron chi connectivity index (χ0n) is 15.4. The van der Waals surface area contributed by atoms with Gasteiger partial charge in [-0.25, -0.2) is 4.79 Å². The number of aliphatic carboxylic acids is 1. The Morgan fingerprint density at radius 1 is 0.964 bits per heavy atom. The third-order valence-electron chi connectivity index (χ3n) is 4.64. The van der Waals surface area contributed by atoms with Crippen LogP contribution >= 0.6 is 0 Å². The number of amides is 1. The molecule has 1 atom stereocenters. The average molecular weight is 378 g/mol. The maximum absolute atomic E-state index is 12.2. The molecule has 144 valence electrons. The highest BCUT2D eigenvalue weighted by Crippen LogP contribution is 2.19. The van der Waals surface area contributed by atoms with Crippen molar-refractivity contribution in [1.82, 2.24) is 10.3 Å². The van der Waals surface area contributed by atoms with Crippen LogP contribution in [-0.4, -0.2) is 33.8 Å². The van der Waals surface area contributed by atoms with E-state index < -0.39 is 12.0 Å². The van der Waals surface area contributed by atoms with Gasteiger partial charge in [0.05, 0.1) is 0 Å². The molecule has 0 spiro atoms.